The number of benzene rings is 1. The van der Waals surface area contributed by atoms with Crippen LogP contribution < -0.4 is 10.1 Å². The topological polar surface area (TPSA) is 76.6 Å². The van der Waals surface area contributed by atoms with Crippen LogP contribution in [0.25, 0.3) is 22.3 Å². The van der Waals surface area contributed by atoms with Crippen LogP contribution in [0, 0.1) is 5.82 Å². The molecule has 1 amide bonds. The molecule has 0 aliphatic carbocycles. The highest BCUT2D eigenvalue weighted by molar-refractivity contribution is 6.31. The second kappa shape index (κ2) is 11.7. The van der Waals surface area contributed by atoms with Crippen LogP contribution in [-0.2, 0) is 16.0 Å². The molecule has 4 rings (SSSR count). The zero-order chi connectivity index (χ0) is 24.8. The summed E-state index contributed by atoms with van der Waals surface area (Å²) in [6.45, 7) is 8.79. The summed E-state index contributed by atoms with van der Waals surface area (Å²) in [5.74, 6) is -0.130. The van der Waals surface area contributed by atoms with Gasteiger partial charge in [-0.1, -0.05) is 11.6 Å². The number of carbonyl (C=O) groups excluding carboxylic acids is 1. The van der Waals surface area contributed by atoms with Crippen LogP contribution in [0.1, 0.15) is 25.8 Å². The SMILES string of the molecule is CC(C)NC(=O)Cc1cc2nc(OCCCN3CCOCC3)ccc2nc1-c1ccc(F)c(Cl)c1. The van der Waals surface area contributed by atoms with Crippen molar-refractivity contribution in [3.63, 3.8) is 0 Å². The van der Waals surface area contributed by atoms with Gasteiger partial charge in [0, 0.05) is 37.3 Å². The van der Waals surface area contributed by atoms with Crippen LogP contribution in [0.2, 0.25) is 5.02 Å². The standard InChI is InChI=1S/C26H30ClFN4O3/c1-17(2)29-24(33)16-19-15-23-22(31-26(19)18-4-5-21(28)20(27)14-18)6-7-25(30-23)35-11-3-8-32-9-12-34-13-10-32/h4-7,14-15,17H,3,8-13,16H2,1-2H3,(H,29,33). The van der Waals surface area contributed by atoms with Gasteiger partial charge in [-0.15, -0.1) is 0 Å². The van der Waals surface area contributed by atoms with Gasteiger partial charge in [-0.2, -0.15) is 0 Å². The fraction of sp³-hybridized carbons (Fsp3) is 0.423. The Labute approximate surface area is 209 Å². The van der Waals surface area contributed by atoms with Gasteiger partial charge in [0.2, 0.25) is 11.8 Å². The van der Waals surface area contributed by atoms with Gasteiger partial charge in [-0.3, -0.25) is 9.69 Å². The summed E-state index contributed by atoms with van der Waals surface area (Å²) in [7, 11) is 0. The van der Waals surface area contributed by atoms with E-state index in [1.54, 1.807) is 12.1 Å². The van der Waals surface area contributed by atoms with Gasteiger partial charge in [-0.25, -0.2) is 14.4 Å². The number of amides is 1. The number of carbonyl (C=O) groups is 1. The van der Waals surface area contributed by atoms with Crippen molar-refractivity contribution >= 4 is 28.5 Å². The minimum Gasteiger partial charge on any atom is -0.478 e. The molecule has 0 atom stereocenters. The zero-order valence-electron chi connectivity index (χ0n) is 20.0. The van der Waals surface area contributed by atoms with Crippen LogP contribution in [0.3, 0.4) is 0 Å². The quantitative estimate of drug-likeness (QED) is 0.442. The van der Waals surface area contributed by atoms with Crippen LogP contribution in [-0.4, -0.2) is 66.3 Å². The highest BCUT2D eigenvalue weighted by Crippen LogP contribution is 2.29. The third-order valence-electron chi connectivity index (χ3n) is 5.69. The van der Waals surface area contributed by atoms with E-state index >= 15 is 0 Å². The summed E-state index contributed by atoms with van der Waals surface area (Å²) in [6, 6.07) is 9.91. The van der Waals surface area contributed by atoms with Crippen molar-refractivity contribution in [3.05, 3.63) is 52.8 Å². The highest BCUT2D eigenvalue weighted by Gasteiger charge is 2.16. The van der Waals surface area contributed by atoms with Crippen molar-refractivity contribution in [2.45, 2.75) is 32.7 Å². The lowest BCUT2D eigenvalue weighted by Crippen LogP contribution is -2.37. The first-order valence-corrected chi connectivity index (χ1v) is 12.2. The number of hydrogen-bond donors (Lipinski definition) is 1. The molecule has 0 spiro atoms. The number of nitrogens with one attached hydrogen (secondary N) is 1. The molecule has 7 nitrogen and oxygen atoms in total. The Balaban J connectivity index is 1.55. The number of pyridine rings is 2. The van der Waals surface area contributed by atoms with Crippen molar-refractivity contribution in [3.8, 4) is 17.1 Å². The number of hydrogen-bond acceptors (Lipinski definition) is 6. The van der Waals surface area contributed by atoms with Gasteiger partial charge in [0.1, 0.15) is 5.82 Å². The lowest BCUT2D eigenvalue weighted by Gasteiger charge is -2.26. The second-order valence-electron chi connectivity index (χ2n) is 8.87. The van der Waals surface area contributed by atoms with Gasteiger partial charge < -0.3 is 14.8 Å². The molecule has 35 heavy (non-hydrogen) atoms. The number of rotatable bonds is 9. The molecule has 1 aliphatic heterocycles. The molecule has 3 aromatic rings. The minimum atomic E-state index is -0.507. The van der Waals surface area contributed by atoms with Crippen molar-refractivity contribution in [2.24, 2.45) is 0 Å². The first-order valence-electron chi connectivity index (χ1n) is 11.9. The van der Waals surface area contributed by atoms with Crippen molar-refractivity contribution in [1.82, 2.24) is 20.2 Å². The summed E-state index contributed by atoms with van der Waals surface area (Å²) >= 11 is 6.02. The van der Waals surface area contributed by atoms with E-state index in [1.807, 2.05) is 26.0 Å². The molecular weight excluding hydrogens is 471 g/mol. The molecule has 0 unspecified atom stereocenters. The molecule has 1 aliphatic rings. The Morgan fingerprint density at radius 3 is 2.71 bits per heavy atom. The summed E-state index contributed by atoms with van der Waals surface area (Å²) < 4.78 is 25.0. The maximum absolute atomic E-state index is 13.8. The average molecular weight is 501 g/mol. The monoisotopic (exact) mass is 500 g/mol. The number of morpholine rings is 1. The first kappa shape index (κ1) is 25.3. The molecule has 1 fully saturated rings. The number of halogens is 2. The summed E-state index contributed by atoms with van der Waals surface area (Å²) in [5.41, 5.74) is 3.15. The van der Waals surface area contributed by atoms with Crippen LogP contribution in [0.5, 0.6) is 5.88 Å². The lowest BCUT2D eigenvalue weighted by atomic mass is 10.0. The van der Waals surface area contributed by atoms with Crippen LogP contribution in [0.4, 0.5) is 4.39 Å². The molecule has 3 heterocycles. The second-order valence-corrected chi connectivity index (χ2v) is 9.27. The molecule has 1 N–H and O–H groups in total. The normalized spacial score (nSPS) is 14.4. The molecule has 186 valence electrons. The van der Waals surface area contributed by atoms with Gasteiger partial charge in [-0.05, 0) is 56.2 Å². The Morgan fingerprint density at radius 2 is 1.97 bits per heavy atom. The van der Waals surface area contributed by atoms with Crippen molar-refractivity contribution in [2.75, 3.05) is 39.5 Å². The van der Waals surface area contributed by atoms with E-state index in [9.17, 15) is 9.18 Å². The van der Waals surface area contributed by atoms with Gasteiger partial charge >= 0.3 is 0 Å². The van der Waals surface area contributed by atoms with Gasteiger partial charge in [0.25, 0.3) is 0 Å². The molecule has 1 saturated heterocycles. The third kappa shape index (κ3) is 6.87. The predicted octanol–water partition coefficient (Wildman–Crippen LogP) is 4.26. The molecular formula is C26H30ClFN4O3. The summed E-state index contributed by atoms with van der Waals surface area (Å²) in [4.78, 5) is 24.3. The average Bonchev–Trinajstić information content (AvgIpc) is 2.83. The maximum Gasteiger partial charge on any atom is 0.224 e. The minimum absolute atomic E-state index is 0.000862. The van der Waals surface area contributed by atoms with E-state index in [2.05, 4.69) is 15.2 Å². The summed E-state index contributed by atoms with van der Waals surface area (Å²) in [5, 5.41) is 2.90. The predicted molar refractivity (Wildman–Crippen MR) is 134 cm³/mol. The first-order chi connectivity index (χ1) is 16.9. The van der Waals surface area contributed by atoms with E-state index < -0.39 is 5.82 Å². The fourth-order valence-electron chi connectivity index (χ4n) is 4.02. The Kier molecular flexibility index (Phi) is 8.49. The Hall–Kier alpha value is -2.81. The fourth-order valence-corrected chi connectivity index (χ4v) is 4.20. The van der Waals surface area contributed by atoms with Crippen molar-refractivity contribution < 1.29 is 18.7 Å². The van der Waals surface area contributed by atoms with Gasteiger partial charge in [0.15, 0.2) is 0 Å². The third-order valence-corrected chi connectivity index (χ3v) is 5.98. The molecule has 0 saturated carbocycles. The Morgan fingerprint density at radius 1 is 1.17 bits per heavy atom. The lowest BCUT2D eigenvalue weighted by molar-refractivity contribution is -0.120. The molecule has 9 heteroatoms. The number of aromatic nitrogens is 2. The van der Waals surface area contributed by atoms with Gasteiger partial charge in [0.05, 0.1) is 48.0 Å². The molecule has 0 radical (unpaired) electrons. The zero-order valence-corrected chi connectivity index (χ0v) is 20.8. The van der Waals surface area contributed by atoms with E-state index in [1.165, 1.54) is 12.1 Å². The number of nitrogens with zero attached hydrogens (tertiary/aromatic N) is 3. The molecule has 2 aromatic heterocycles. The van der Waals surface area contributed by atoms with Crippen LogP contribution >= 0.6 is 11.6 Å². The Bertz CT molecular complexity index is 1180. The number of fused-ring (bicyclic) bond motifs is 1. The number of ether oxygens (including phenoxy) is 2. The largest absolute Gasteiger partial charge is 0.478 e. The van der Waals surface area contributed by atoms with Crippen LogP contribution in [0.15, 0.2) is 36.4 Å². The van der Waals surface area contributed by atoms with E-state index in [-0.39, 0.29) is 23.4 Å². The molecule has 1 aromatic carbocycles. The van der Waals surface area contributed by atoms with E-state index in [0.717, 1.165) is 39.3 Å². The highest BCUT2D eigenvalue weighted by atomic mass is 35.5. The summed E-state index contributed by atoms with van der Waals surface area (Å²) in [6.07, 6.45) is 1.00. The maximum atomic E-state index is 13.8. The van der Waals surface area contributed by atoms with E-state index in [4.69, 9.17) is 26.1 Å². The van der Waals surface area contributed by atoms with E-state index in [0.29, 0.717) is 40.3 Å². The molecule has 0 bridgehead atoms. The van der Waals surface area contributed by atoms with Crippen molar-refractivity contribution in [1.29, 1.82) is 0 Å². The smallest absolute Gasteiger partial charge is 0.224 e.